The Morgan fingerprint density at radius 3 is 2.52 bits per heavy atom. The molecule has 1 atom stereocenters. The third-order valence-electron chi connectivity index (χ3n) is 3.11. The summed E-state index contributed by atoms with van der Waals surface area (Å²) in [6.45, 7) is 6.07. The maximum atomic E-state index is 12.4. The van der Waals surface area contributed by atoms with Crippen molar-refractivity contribution in [3.63, 3.8) is 0 Å². The molecule has 0 spiro atoms. The number of thioether (sulfide) groups is 1. The smallest absolute Gasteiger partial charge is 0.410 e. The number of benzene rings is 1. The normalized spacial score (nSPS) is 18.6. The highest BCUT2D eigenvalue weighted by Gasteiger charge is 2.36. The predicted octanol–water partition coefficient (Wildman–Crippen LogP) is 3.70. The number of carbonyl (C=O) groups is 2. The molecule has 0 aromatic heterocycles. The van der Waals surface area contributed by atoms with E-state index in [2.05, 4.69) is 0 Å². The Hall–Kier alpha value is -1.49. The van der Waals surface area contributed by atoms with E-state index in [1.165, 1.54) is 11.8 Å². The summed E-state index contributed by atoms with van der Waals surface area (Å²) in [5, 5.41) is 0.00422. The second-order valence-electron chi connectivity index (χ2n) is 6.07. The van der Waals surface area contributed by atoms with Crippen LogP contribution in [0.4, 0.5) is 4.79 Å². The topological polar surface area (TPSA) is 46.6 Å². The standard InChI is InChI=1S/C16H21NO3S/c1-16(2,3)20-15(19)17-11-7-10-13(17)14(18)21-12-8-5-4-6-9-12/h4-6,8-9,13H,7,10-11H2,1-3H3. The summed E-state index contributed by atoms with van der Waals surface area (Å²) in [6.07, 6.45) is 1.15. The average Bonchev–Trinajstić information content (AvgIpc) is 2.87. The minimum absolute atomic E-state index is 0.00422. The molecule has 4 nitrogen and oxygen atoms in total. The van der Waals surface area contributed by atoms with Gasteiger partial charge in [-0.3, -0.25) is 9.69 Å². The van der Waals surface area contributed by atoms with Crippen molar-refractivity contribution in [2.24, 2.45) is 0 Å². The maximum Gasteiger partial charge on any atom is 0.410 e. The minimum Gasteiger partial charge on any atom is -0.444 e. The molecule has 1 aromatic carbocycles. The van der Waals surface area contributed by atoms with Crippen LogP contribution in [0.25, 0.3) is 0 Å². The largest absolute Gasteiger partial charge is 0.444 e. The second kappa shape index (κ2) is 6.52. The summed E-state index contributed by atoms with van der Waals surface area (Å²) >= 11 is 1.19. The Balaban J connectivity index is 2.01. The molecule has 2 rings (SSSR count). The van der Waals surface area contributed by atoms with E-state index in [1.54, 1.807) is 4.90 Å². The number of hydrogen-bond acceptors (Lipinski definition) is 4. The molecule has 1 heterocycles. The highest BCUT2D eigenvalue weighted by Crippen LogP contribution is 2.28. The van der Waals surface area contributed by atoms with Crippen LogP contribution in [0.1, 0.15) is 33.6 Å². The number of ether oxygens (including phenoxy) is 1. The second-order valence-corrected chi connectivity index (χ2v) is 7.14. The number of carbonyl (C=O) groups excluding carboxylic acids is 2. The fraction of sp³-hybridized carbons (Fsp3) is 0.500. The molecule has 0 N–H and O–H groups in total. The number of hydrogen-bond donors (Lipinski definition) is 0. The van der Waals surface area contributed by atoms with Crippen molar-refractivity contribution in [2.75, 3.05) is 6.54 Å². The molecule has 114 valence electrons. The van der Waals surface area contributed by atoms with E-state index in [4.69, 9.17) is 4.74 Å². The molecular formula is C16H21NO3S. The number of nitrogens with zero attached hydrogens (tertiary/aromatic N) is 1. The maximum absolute atomic E-state index is 12.4. The van der Waals surface area contributed by atoms with Gasteiger partial charge >= 0.3 is 6.09 Å². The fourth-order valence-electron chi connectivity index (χ4n) is 2.22. The Kier molecular flexibility index (Phi) is 4.93. The van der Waals surface area contributed by atoms with Crippen molar-refractivity contribution in [3.05, 3.63) is 30.3 Å². The van der Waals surface area contributed by atoms with Gasteiger partial charge in [-0.2, -0.15) is 0 Å². The lowest BCUT2D eigenvalue weighted by atomic mass is 10.2. The van der Waals surface area contributed by atoms with E-state index in [0.717, 1.165) is 11.3 Å². The van der Waals surface area contributed by atoms with Crippen LogP contribution in [0, 0.1) is 0 Å². The zero-order valence-corrected chi connectivity index (χ0v) is 13.5. The third kappa shape index (κ3) is 4.49. The lowest BCUT2D eigenvalue weighted by molar-refractivity contribution is -0.114. The third-order valence-corrected chi connectivity index (χ3v) is 4.10. The van der Waals surface area contributed by atoms with Gasteiger partial charge in [-0.15, -0.1) is 0 Å². The average molecular weight is 307 g/mol. The van der Waals surface area contributed by atoms with Crippen LogP contribution in [0.5, 0.6) is 0 Å². The van der Waals surface area contributed by atoms with Crippen LogP contribution in [0.15, 0.2) is 35.2 Å². The molecule has 1 saturated heterocycles. The summed E-state index contributed by atoms with van der Waals surface area (Å²) in [5.41, 5.74) is -0.542. The molecule has 1 aromatic rings. The molecule has 0 radical (unpaired) electrons. The van der Waals surface area contributed by atoms with Crippen LogP contribution in [-0.2, 0) is 9.53 Å². The summed E-state index contributed by atoms with van der Waals surface area (Å²) < 4.78 is 5.38. The van der Waals surface area contributed by atoms with Gasteiger partial charge in [-0.1, -0.05) is 18.2 Å². The van der Waals surface area contributed by atoms with Crippen LogP contribution < -0.4 is 0 Å². The molecule has 5 heteroatoms. The van der Waals surface area contributed by atoms with Crippen LogP contribution >= 0.6 is 11.8 Å². The van der Waals surface area contributed by atoms with Gasteiger partial charge in [-0.25, -0.2) is 4.79 Å². The minimum atomic E-state index is -0.542. The SMILES string of the molecule is CC(C)(C)OC(=O)N1CCCC1C(=O)Sc1ccccc1. The van der Waals surface area contributed by atoms with Crippen LogP contribution in [-0.4, -0.2) is 34.3 Å². The Morgan fingerprint density at radius 1 is 1.24 bits per heavy atom. The van der Waals surface area contributed by atoms with Crippen molar-refractivity contribution in [3.8, 4) is 0 Å². The van der Waals surface area contributed by atoms with Gasteiger partial charge in [0.15, 0.2) is 0 Å². The Bertz CT molecular complexity index is 510. The highest BCUT2D eigenvalue weighted by atomic mass is 32.2. The fourth-order valence-corrected chi connectivity index (χ4v) is 3.13. The molecule has 0 bridgehead atoms. The first-order valence-corrected chi connectivity index (χ1v) is 7.95. The Labute approximate surface area is 129 Å². The molecule has 21 heavy (non-hydrogen) atoms. The first kappa shape index (κ1) is 15.9. The van der Waals surface area contributed by atoms with Crippen molar-refractivity contribution >= 4 is 23.0 Å². The number of rotatable bonds is 2. The number of amides is 1. The highest BCUT2D eigenvalue weighted by molar-refractivity contribution is 8.13. The lowest BCUT2D eigenvalue weighted by Crippen LogP contribution is -2.42. The van der Waals surface area contributed by atoms with E-state index < -0.39 is 11.7 Å². The van der Waals surface area contributed by atoms with Gasteiger partial charge in [0.05, 0.1) is 0 Å². The van der Waals surface area contributed by atoms with E-state index in [1.807, 2.05) is 51.1 Å². The summed E-state index contributed by atoms with van der Waals surface area (Å²) in [6, 6.07) is 9.12. The van der Waals surface area contributed by atoms with Gasteiger partial charge in [0.25, 0.3) is 0 Å². The molecule has 1 amide bonds. The van der Waals surface area contributed by atoms with Gasteiger partial charge < -0.3 is 4.74 Å². The monoisotopic (exact) mass is 307 g/mol. The van der Waals surface area contributed by atoms with E-state index in [-0.39, 0.29) is 11.2 Å². The van der Waals surface area contributed by atoms with Crippen LogP contribution in [0.3, 0.4) is 0 Å². The predicted molar refractivity (Wildman–Crippen MR) is 83.3 cm³/mol. The van der Waals surface area contributed by atoms with Crippen molar-refractivity contribution in [1.82, 2.24) is 4.90 Å². The van der Waals surface area contributed by atoms with E-state index in [0.29, 0.717) is 13.0 Å². The lowest BCUT2D eigenvalue weighted by Gasteiger charge is -2.27. The molecule has 0 saturated carbocycles. The molecular weight excluding hydrogens is 286 g/mol. The molecule has 0 aliphatic carbocycles. The number of likely N-dealkylation sites (tertiary alicyclic amines) is 1. The first-order chi connectivity index (χ1) is 9.87. The molecule has 1 aliphatic rings. The van der Waals surface area contributed by atoms with E-state index >= 15 is 0 Å². The van der Waals surface area contributed by atoms with Gasteiger partial charge in [0.1, 0.15) is 11.6 Å². The zero-order chi connectivity index (χ0) is 15.5. The zero-order valence-electron chi connectivity index (χ0n) is 12.7. The summed E-state index contributed by atoms with van der Waals surface area (Å²) in [7, 11) is 0. The summed E-state index contributed by atoms with van der Waals surface area (Å²) in [4.78, 5) is 27.0. The van der Waals surface area contributed by atoms with E-state index in [9.17, 15) is 9.59 Å². The quantitative estimate of drug-likeness (QED) is 0.782. The molecule has 1 aliphatic heterocycles. The van der Waals surface area contributed by atoms with Crippen molar-refractivity contribution in [1.29, 1.82) is 0 Å². The van der Waals surface area contributed by atoms with Gasteiger partial charge in [-0.05, 0) is 57.5 Å². The van der Waals surface area contributed by atoms with Crippen LogP contribution in [0.2, 0.25) is 0 Å². The van der Waals surface area contributed by atoms with Crippen molar-refractivity contribution in [2.45, 2.75) is 50.2 Å². The molecule has 1 unspecified atom stereocenters. The van der Waals surface area contributed by atoms with Gasteiger partial charge in [0, 0.05) is 11.4 Å². The van der Waals surface area contributed by atoms with Gasteiger partial charge in [0.2, 0.25) is 5.12 Å². The molecule has 1 fully saturated rings. The first-order valence-electron chi connectivity index (χ1n) is 7.13. The summed E-state index contributed by atoms with van der Waals surface area (Å²) in [5.74, 6) is 0. The van der Waals surface area contributed by atoms with Crippen molar-refractivity contribution < 1.29 is 14.3 Å². The Morgan fingerprint density at radius 2 is 1.90 bits per heavy atom.